The predicted molar refractivity (Wildman–Crippen MR) is 33.7 cm³/mol. The third-order valence-corrected chi connectivity index (χ3v) is 2.03. The summed E-state index contributed by atoms with van der Waals surface area (Å²) in [5, 5.41) is 0. The Morgan fingerprint density at radius 2 is 2.50 bits per heavy atom. The fourth-order valence-corrected chi connectivity index (χ4v) is 1.11. The van der Waals surface area contributed by atoms with E-state index in [0.29, 0.717) is 0 Å². The summed E-state index contributed by atoms with van der Waals surface area (Å²) >= 11 is 0. The van der Waals surface area contributed by atoms with E-state index in [1.54, 1.807) is 0 Å². The van der Waals surface area contributed by atoms with Crippen LogP contribution in [-0.2, 0) is 14.3 Å². The van der Waals surface area contributed by atoms with E-state index in [0.717, 1.165) is 19.3 Å². The van der Waals surface area contributed by atoms with Gasteiger partial charge in [0.1, 0.15) is 6.10 Å². The fourth-order valence-electron chi connectivity index (χ4n) is 1.11. The minimum Gasteiger partial charge on any atom is -0.370 e. The standard InChI is InChI=1S/C7H10O3/c1-7(4-9-7)2-5-6(3-8)10-5/h3,5-6H,2,4H2,1H3. The van der Waals surface area contributed by atoms with Gasteiger partial charge in [-0.3, -0.25) is 0 Å². The average Bonchev–Trinajstić information content (AvgIpc) is 2.74. The molecule has 2 fully saturated rings. The zero-order valence-corrected chi connectivity index (χ0v) is 5.87. The molecule has 0 aromatic heterocycles. The molecule has 2 saturated heterocycles. The molecule has 0 radical (unpaired) electrons. The zero-order chi connectivity index (χ0) is 7.19. The first kappa shape index (κ1) is 6.31. The molecule has 2 heterocycles. The van der Waals surface area contributed by atoms with Gasteiger partial charge in [0, 0.05) is 6.42 Å². The molecule has 3 nitrogen and oxygen atoms in total. The topological polar surface area (TPSA) is 42.1 Å². The second-order valence-corrected chi connectivity index (χ2v) is 3.22. The summed E-state index contributed by atoms with van der Waals surface area (Å²) in [5.74, 6) is 0. The van der Waals surface area contributed by atoms with Crippen LogP contribution in [0.15, 0.2) is 0 Å². The molecule has 0 aliphatic carbocycles. The normalized spacial score (nSPS) is 50.5. The first-order chi connectivity index (χ1) is 4.73. The molecule has 3 heteroatoms. The van der Waals surface area contributed by atoms with Crippen LogP contribution in [0.5, 0.6) is 0 Å². The Kier molecular flexibility index (Phi) is 1.13. The minimum absolute atomic E-state index is 0.0302. The van der Waals surface area contributed by atoms with Crippen LogP contribution in [0.2, 0.25) is 0 Å². The summed E-state index contributed by atoms with van der Waals surface area (Å²) in [4.78, 5) is 10.1. The van der Waals surface area contributed by atoms with E-state index in [1.165, 1.54) is 0 Å². The number of aldehydes is 1. The van der Waals surface area contributed by atoms with Crippen LogP contribution in [0.4, 0.5) is 0 Å². The largest absolute Gasteiger partial charge is 0.370 e. The number of rotatable bonds is 3. The Labute approximate surface area is 59.3 Å². The first-order valence-electron chi connectivity index (χ1n) is 3.48. The molecular formula is C7H10O3. The van der Waals surface area contributed by atoms with Crippen LogP contribution in [0, 0.1) is 0 Å². The van der Waals surface area contributed by atoms with Crippen LogP contribution in [0.25, 0.3) is 0 Å². The number of carbonyl (C=O) groups is 1. The maximum atomic E-state index is 10.1. The fraction of sp³-hybridized carbons (Fsp3) is 0.857. The predicted octanol–water partition coefficient (Wildman–Crippen LogP) is 0.132. The molecule has 2 aliphatic rings. The number of epoxide rings is 2. The van der Waals surface area contributed by atoms with Gasteiger partial charge < -0.3 is 14.3 Å². The number of hydrogen-bond acceptors (Lipinski definition) is 3. The van der Waals surface area contributed by atoms with Gasteiger partial charge in [-0.05, 0) is 6.92 Å². The van der Waals surface area contributed by atoms with Crippen molar-refractivity contribution in [3.63, 3.8) is 0 Å². The van der Waals surface area contributed by atoms with E-state index in [-0.39, 0.29) is 17.8 Å². The van der Waals surface area contributed by atoms with Crippen molar-refractivity contribution in [3.8, 4) is 0 Å². The molecule has 0 N–H and O–H groups in total. The molecule has 56 valence electrons. The van der Waals surface area contributed by atoms with E-state index in [2.05, 4.69) is 0 Å². The van der Waals surface area contributed by atoms with Crippen molar-refractivity contribution >= 4 is 6.29 Å². The second kappa shape index (κ2) is 1.80. The Morgan fingerprint density at radius 1 is 1.80 bits per heavy atom. The average molecular weight is 142 g/mol. The van der Waals surface area contributed by atoms with Crippen LogP contribution in [0.3, 0.4) is 0 Å². The summed E-state index contributed by atoms with van der Waals surface area (Å²) in [6.45, 7) is 2.86. The van der Waals surface area contributed by atoms with E-state index >= 15 is 0 Å². The molecular weight excluding hydrogens is 132 g/mol. The summed E-state index contributed by atoms with van der Waals surface area (Å²) in [6, 6.07) is 0. The lowest BCUT2D eigenvalue weighted by Gasteiger charge is -1.97. The van der Waals surface area contributed by atoms with Gasteiger partial charge in [-0.2, -0.15) is 0 Å². The van der Waals surface area contributed by atoms with Gasteiger partial charge in [0.15, 0.2) is 6.29 Å². The van der Waals surface area contributed by atoms with E-state index in [9.17, 15) is 4.79 Å². The number of ether oxygens (including phenoxy) is 2. The van der Waals surface area contributed by atoms with E-state index in [4.69, 9.17) is 9.47 Å². The summed E-state index contributed by atoms with van der Waals surface area (Å²) in [6.07, 6.45) is 1.73. The van der Waals surface area contributed by atoms with Crippen molar-refractivity contribution in [3.05, 3.63) is 0 Å². The highest BCUT2D eigenvalue weighted by atomic mass is 16.6. The van der Waals surface area contributed by atoms with E-state index in [1.807, 2.05) is 6.92 Å². The maximum Gasteiger partial charge on any atom is 0.151 e. The summed E-state index contributed by atoms with van der Waals surface area (Å²) < 4.78 is 10.2. The van der Waals surface area contributed by atoms with Crippen molar-refractivity contribution in [2.24, 2.45) is 0 Å². The molecule has 3 unspecified atom stereocenters. The lowest BCUT2D eigenvalue weighted by atomic mass is 10.1. The van der Waals surface area contributed by atoms with Crippen LogP contribution in [0.1, 0.15) is 13.3 Å². The SMILES string of the molecule is CC1(CC2OC2C=O)CO1. The molecule has 3 atom stereocenters. The minimum atomic E-state index is -0.138. The molecule has 0 aromatic rings. The molecule has 0 amide bonds. The monoisotopic (exact) mass is 142 g/mol. The highest BCUT2D eigenvalue weighted by Crippen LogP contribution is 2.37. The third-order valence-electron chi connectivity index (χ3n) is 2.03. The molecule has 0 spiro atoms. The van der Waals surface area contributed by atoms with Crippen LogP contribution >= 0.6 is 0 Å². The van der Waals surface area contributed by atoms with Gasteiger partial charge in [0.05, 0.1) is 18.3 Å². The highest BCUT2D eigenvalue weighted by molar-refractivity contribution is 5.60. The molecule has 0 aromatic carbocycles. The van der Waals surface area contributed by atoms with Gasteiger partial charge in [-0.25, -0.2) is 0 Å². The quantitative estimate of drug-likeness (QED) is 0.415. The summed E-state index contributed by atoms with van der Waals surface area (Å²) in [5.41, 5.74) is 0.0302. The van der Waals surface area contributed by atoms with Crippen molar-refractivity contribution in [2.75, 3.05) is 6.61 Å². The Morgan fingerprint density at radius 3 is 2.90 bits per heavy atom. The molecule has 0 saturated carbocycles. The molecule has 2 aliphatic heterocycles. The third kappa shape index (κ3) is 1.07. The van der Waals surface area contributed by atoms with Crippen molar-refractivity contribution in [1.29, 1.82) is 0 Å². The highest BCUT2D eigenvalue weighted by Gasteiger charge is 2.49. The maximum absolute atomic E-state index is 10.1. The van der Waals surface area contributed by atoms with Crippen molar-refractivity contribution in [1.82, 2.24) is 0 Å². The lowest BCUT2D eigenvalue weighted by molar-refractivity contribution is -0.108. The lowest BCUT2D eigenvalue weighted by Crippen LogP contribution is -2.10. The van der Waals surface area contributed by atoms with Gasteiger partial charge in [-0.15, -0.1) is 0 Å². The van der Waals surface area contributed by atoms with Crippen LogP contribution < -0.4 is 0 Å². The first-order valence-corrected chi connectivity index (χ1v) is 3.48. The smallest absolute Gasteiger partial charge is 0.151 e. The Balaban J connectivity index is 1.78. The number of hydrogen-bond donors (Lipinski definition) is 0. The Bertz CT molecular complexity index is 162. The molecule has 10 heavy (non-hydrogen) atoms. The van der Waals surface area contributed by atoms with Gasteiger partial charge in [-0.1, -0.05) is 0 Å². The number of carbonyl (C=O) groups excluding carboxylic acids is 1. The van der Waals surface area contributed by atoms with Crippen LogP contribution in [-0.4, -0.2) is 30.7 Å². The van der Waals surface area contributed by atoms with Crippen molar-refractivity contribution in [2.45, 2.75) is 31.2 Å². The van der Waals surface area contributed by atoms with Gasteiger partial charge in [0.25, 0.3) is 0 Å². The zero-order valence-electron chi connectivity index (χ0n) is 5.87. The Hall–Kier alpha value is -0.410. The molecule has 0 bridgehead atoms. The summed E-state index contributed by atoms with van der Waals surface area (Å²) in [7, 11) is 0. The van der Waals surface area contributed by atoms with Gasteiger partial charge in [0.2, 0.25) is 0 Å². The van der Waals surface area contributed by atoms with Gasteiger partial charge >= 0.3 is 0 Å². The van der Waals surface area contributed by atoms with Crippen molar-refractivity contribution < 1.29 is 14.3 Å². The van der Waals surface area contributed by atoms with E-state index < -0.39 is 0 Å². The molecule has 2 rings (SSSR count). The second-order valence-electron chi connectivity index (χ2n) is 3.22.